The lowest BCUT2D eigenvalue weighted by Gasteiger charge is -2.06. The van der Waals surface area contributed by atoms with Crippen LogP contribution in [0, 0.1) is 0 Å². The van der Waals surface area contributed by atoms with Gasteiger partial charge in [-0.05, 0) is 23.8 Å². The number of hydrogen-bond acceptors (Lipinski definition) is 4. The average molecular weight is 362 g/mol. The quantitative estimate of drug-likeness (QED) is 0.675. The first-order valence-electron chi connectivity index (χ1n) is 6.80. The Bertz CT molecular complexity index is 831. The number of rotatable bonds is 5. The molecule has 23 heavy (non-hydrogen) atoms. The summed E-state index contributed by atoms with van der Waals surface area (Å²) in [7, 11) is 0. The van der Waals surface area contributed by atoms with Gasteiger partial charge in [0.2, 0.25) is 0 Å². The minimum Gasteiger partial charge on any atom is -0.481 e. The maximum absolute atomic E-state index is 10.8. The van der Waals surface area contributed by atoms with Gasteiger partial charge < -0.3 is 5.11 Å². The summed E-state index contributed by atoms with van der Waals surface area (Å²) in [6, 6.07) is 15.8. The van der Waals surface area contributed by atoms with E-state index in [1.165, 1.54) is 23.1 Å². The molecule has 3 rings (SSSR count). The molecule has 0 fully saturated rings. The van der Waals surface area contributed by atoms with Crippen LogP contribution in [-0.2, 0) is 11.2 Å². The van der Waals surface area contributed by atoms with Crippen LogP contribution < -0.4 is 0 Å². The molecule has 6 heteroatoms. The van der Waals surface area contributed by atoms with Crippen LogP contribution in [0.2, 0.25) is 5.02 Å². The highest BCUT2D eigenvalue weighted by molar-refractivity contribution is 8.01. The summed E-state index contributed by atoms with van der Waals surface area (Å²) in [4.78, 5) is 16.0. The van der Waals surface area contributed by atoms with Crippen LogP contribution in [0.5, 0.6) is 0 Å². The SMILES string of the molecule is O=C(O)Cc1ncsc1Sc1ccc(-c2ccccc2Cl)cc1. The number of aromatic nitrogens is 1. The molecule has 0 aliphatic heterocycles. The third-order valence-corrected chi connectivity index (χ3v) is 5.63. The maximum atomic E-state index is 10.8. The minimum atomic E-state index is -0.869. The molecule has 0 aliphatic rings. The molecule has 0 saturated heterocycles. The molecular formula is C17H12ClNO2S2. The number of nitrogens with zero attached hydrogens (tertiary/aromatic N) is 1. The van der Waals surface area contributed by atoms with E-state index in [1.807, 2.05) is 48.5 Å². The zero-order valence-electron chi connectivity index (χ0n) is 11.9. The van der Waals surface area contributed by atoms with Gasteiger partial charge in [0.15, 0.2) is 0 Å². The lowest BCUT2D eigenvalue weighted by atomic mass is 10.1. The Labute approximate surface area is 147 Å². The van der Waals surface area contributed by atoms with E-state index in [9.17, 15) is 4.79 Å². The third kappa shape index (κ3) is 3.93. The molecule has 1 aromatic heterocycles. The van der Waals surface area contributed by atoms with Crippen LogP contribution in [-0.4, -0.2) is 16.1 Å². The van der Waals surface area contributed by atoms with Crippen molar-refractivity contribution >= 4 is 40.7 Å². The van der Waals surface area contributed by atoms with Crippen LogP contribution in [0.1, 0.15) is 5.69 Å². The molecule has 116 valence electrons. The van der Waals surface area contributed by atoms with Crippen LogP contribution in [0.3, 0.4) is 0 Å². The van der Waals surface area contributed by atoms with Gasteiger partial charge in [-0.25, -0.2) is 4.98 Å². The van der Waals surface area contributed by atoms with Gasteiger partial charge in [-0.15, -0.1) is 11.3 Å². The number of thiazole rings is 1. The van der Waals surface area contributed by atoms with E-state index in [1.54, 1.807) is 5.51 Å². The third-order valence-electron chi connectivity index (χ3n) is 3.17. The molecule has 1 N–H and O–H groups in total. The van der Waals surface area contributed by atoms with Gasteiger partial charge in [0.1, 0.15) is 0 Å². The second-order valence-electron chi connectivity index (χ2n) is 4.76. The van der Waals surface area contributed by atoms with Gasteiger partial charge in [-0.3, -0.25) is 4.79 Å². The monoisotopic (exact) mass is 361 g/mol. The summed E-state index contributed by atoms with van der Waals surface area (Å²) in [6.45, 7) is 0. The average Bonchev–Trinajstić information content (AvgIpc) is 2.95. The highest BCUT2D eigenvalue weighted by atomic mass is 35.5. The Hall–Kier alpha value is -1.82. The summed E-state index contributed by atoms with van der Waals surface area (Å²) < 4.78 is 0.915. The van der Waals surface area contributed by atoms with Gasteiger partial charge in [-0.2, -0.15) is 0 Å². The van der Waals surface area contributed by atoms with Gasteiger partial charge in [0.05, 0.1) is 21.8 Å². The maximum Gasteiger partial charge on any atom is 0.309 e. The smallest absolute Gasteiger partial charge is 0.309 e. The molecule has 3 nitrogen and oxygen atoms in total. The summed E-state index contributed by atoms with van der Waals surface area (Å²) in [6.07, 6.45) is -0.0520. The molecule has 1 heterocycles. The fourth-order valence-electron chi connectivity index (χ4n) is 2.11. The molecule has 0 unspecified atom stereocenters. The number of hydrogen-bond donors (Lipinski definition) is 1. The summed E-state index contributed by atoms with van der Waals surface area (Å²) in [5.41, 5.74) is 4.34. The van der Waals surface area contributed by atoms with E-state index in [2.05, 4.69) is 4.98 Å². The predicted molar refractivity (Wildman–Crippen MR) is 94.5 cm³/mol. The Morgan fingerprint density at radius 2 is 1.91 bits per heavy atom. The van der Waals surface area contributed by atoms with Crippen LogP contribution >= 0.6 is 34.7 Å². The molecule has 0 radical (unpaired) electrons. The molecular weight excluding hydrogens is 350 g/mol. The highest BCUT2D eigenvalue weighted by Gasteiger charge is 2.12. The molecule has 0 amide bonds. The predicted octanol–water partition coefficient (Wildman–Crippen LogP) is 5.24. The summed E-state index contributed by atoms with van der Waals surface area (Å²) in [5, 5.41) is 9.63. The van der Waals surface area contributed by atoms with E-state index < -0.39 is 5.97 Å². The van der Waals surface area contributed by atoms with Crippen molar-refractivity contribution in [3.8, 4) is 11.1 Å². The van der Waals surface area contributed by atoms with Crippen molar-refractivity contribution in [3.05, 3.63) is 64.8 Å². The van der Waals surface area contributed by atoms with Crippen molar-refractivity contribution in [1.82, 2.24) is 4.98 Å². The topological polar surface area (TPSA) is 50.2 Å². The summed E-state index contributed by atoms with van der Waals surface area (Å²) in [5.74, 6) is -0.869. The van der Waals surface area contributed by atoms with Crippen molar-refractivity contribution in [3.63, 3.8) is 0 Å². The van der Waals surface area contributed by atoms with E-state index in [-0.39, 0.29) is 6.42 Å². The fraction of sp³-hybridized carbons (Fsp3) is 0.0588. The van der Waals surface area contributed by atoms with Gasteiger partial charge in [0.25, 0.3) is 0 Å². The van der Waals surface area contributed by atoms with E-state index in [0.717, 1.165) is 25.3 Å². The van der Waals surface area contributed by atoms with Crippen LogP contribution in [0.4, 0.5) is 0 Å². The van der Waals surface area contributed by atoms with Crippen LogP contribution in [0.15, 0.2) is 63.1 Å². The number of carboxylic acids is 1. The minimum absolute atomic E-state index is 0.0520. The molecule has 0 aliphatic carbocycles. The molecule has 0 bridgehead atoms. The standard InChI is InChI=1S/C17H12ClNO2S2/c18-14-4-2-1-3-13(14)11-5-7-12(8-6-11)23-17-15(9-16(20)21)19-10-22-17/h1-8,10H,9H2,(H,20,21). The summed E-state index contributed by atoms with van der Waals surface area (Å²) >= 11 is 9.20. The van der Waals surface area contributed by atoms with Gasteiger partial charge in [-0.1, -0.05) is 53.7 Å². The Morgan fingerprint density at radius 3 is 2.61 bits per heavy atom. The van der Waals surface area contributed by atoms with Crippen molar-refractivity contribution in [2.24, 2.45) is 0 Å². The Morgan fingerprint density at radius 1 is 1.17 bits per heavy atom. The Balaban J connectivity index is 1.80. The largest absolute Gasteiger partial charge is 0.481 e. The number of carboxylic acid groups (broad SMARTS) is 1. The lowest BCUT2D eigenvalue weighted by molar-refractivity contribution is -0.136. The molecule has 0 atom stereocenters. The van der Waals surface area contributed by atoms with E-state index in [4.69, 9.17) is 16.7 Å². The molecule has 0 saturated carbocycles. The zero-order valence-corrected chi connectivity index (χ0v) is 14.3. The zero-order chi connectivity index (χ0) is 16.2. The number of carbonyl (C=O) groups is 1. The highest BCUT2D eigenvalue weighted by Crippen LogP contribution is 2.35. The first kappa shape index (κ1) is 16.1. The first-order valence-corrected chi connectivity index (χ1v) is 8.88. The van der Waals surface area contributed by atoms with E-state index >= 15 is 0 Å². The van der Waals surface area contributed by atoms with Crippen molar-refractivity contribution in [2.45, 2.75) is 15.5 Å². The molecule has 2 aromatic carbocycles. The normalized spacial score (nSPS) is 10.7. The van der Waals surface area contributed by atoms with Gasteiger partial charge >= 0.3 is 5.97 Å². The first-order chi connectivity index (χ1) is 11.1. The second kappa shape index (κ2) is 7.17. The Kier molecular flexibility index (Phi) is 5.00. The number of aliphatic carboxylic acids is 1. The van der Waals surface area contributed by atoms with Crippen molar-refractivity contribution in [1.29, 1.82) is 0 Å². The molecule has 3 aromatic rings. The van der Waals surface area contributed by atoms with Crippen molar-refractivity contribution < 1.29 is 9.90 Å². The molecule has 0 spiro atoms. The lowest BCUT2D eigenvalue weighted by Crippen LogP contribution is -2.00. The van der Waals surface area contributed by atoms with Crippen LogP contribution in [0.25, 0.3) is 11.1 Å². The van der Waals surface area contributed by atoms with E-state index in [0.29, 0.717) is 5.69 Å². The second-order valence-corrected chi connectivity index (χ2v) is 7.37. The van der Waals surface area contributed by atoms with Gasteiger partial charge in [0, 0.05) is 15.5 Å². The van der Waals surface area contributed by atoms with Crippen molar-refractivity contribution in [2.75, 3.05) is 0 Å². The number of halogens is 1. The fourth-order valence-corrected chi connectivity index (χ4v) is 4.23. The number of benzene rings is 2.